The number of fused-ring (bicyclic) bond motifs is 1. The molecule has 1 unspecified atom stereocenters. The average molecular weight is 287 g/mol. The quantitative estimate of drug-likeness (QED) is 0.760. The van der Waals surface area contributed by atoms with E-state index in [9.17, 15) is 10.2 Å². The predicted octanol–water partition coefficient (Wildman–Crippen LogP) is 3.07. The fraction of sp³-hybridized carbons (Fsp3) is 0.0667. The van der Waals surface area contributed by atoms with Crippen LogP contribution in [-0.2, 0) is 0 Å². The van der Waals surface area contributed by atoms with Gasteiger partial charge in [-0.25, -0.2) is 0 Å². The molecular weight excluding hydrogens is 276 g/mol. The minimum absolute atomic E-state index is 0.0682. The molecule has 1 aromatic carbocycles. The fourth-order valence-electron chi connectivity index (χ4n) is 2.13. The molecule has 0 aliphatic rings. The lowest BCUT2D eigenvalue weighted by atomic mass is 10.00. The molecule has 100 valence electrons. The first-order chi connectivity index (χ1) is 9.68. The first kappa shape index (κ1) is 12.8. The summed E-state index contributed by atoms with van der Waals surface area (Å²) < 4.78 is 0. The standard InChI is InChI=1S/C15H11ClN2O2/c16-12-7-11(14(19)9-3-1-5-17-8-9)15(20)13-10(12)4-2-6-18-13/h1-8,14,19-20H. The third-order valence-electron chi connectivity index (χ3n) is 3.14. The number of hydrogen-bond donors (Lipinski definition) is 2. The summed E-state index contributed by atoms with van der Waals surface area (Å²) in [5, 5.41) is 21.8. The molecule has 0 amide bonds. The monoisotopic (exact) mass is 286 g/mol. The zero-order valence-corrected chi connectivity index (χ0v) is 11.1. The number of rotatable bonds is 2. The molecule has 0 bridgehead atoms. The van der Waals surface area contributed by atoms with E-state index in [1.54, 1.807) is 48.9 Å². The van der Waals surface area contributed by atoms with E-state index < -0.39 is 6.10 Å². The Hall–Kier alpha value is -2.17. The number of phenols is 1. The van der Waals surface area contributed by atoms with Crippen molar-refractivity contribution in [2.24, 2.45) is 0 Å². The van der Waals surface area contributed by atoms with E-state index >= 15 is 0 Å². The SMILES string of the molecule is Oc1c(C(O)c2cccnc2)cc(Cl)c2cccnc12. The van der Waals surface area contributed by atoms with E-state index in [1.807, 2.05) is 0 Å². The van der Waals surface area contributed by atoms with Gasteiger partial charge in [0.25, 0.3) is 0 Å². The van der Waals surface area contributed by atoms with Crippen LogP contribution in [0.4, 0.5) is 0 Å². The molecule has 2 N–H and O–H groups in total. The number of benzene rings is 1. The van der Waals surface area contributed by atoms with E-state index in [2.05, 4.69) is 9.97 Å². The Kier molecular flexibility index (Phi) is 3.26. The summed E-state index contributed by atoms with van der Waals surface area (Å²) in [4.78, 5) is 8.07. The van der Waals surface area contributed by atoms with E-state index in [1.165, 1.54) is 0 Å². The minimum atomic E-state index is -1.01. The second kappa shape index (κ2) is 5.07. The normalized spacial score (nSPS) is 12.5. The molecule has 5 heteroatoms. The Labute approximate surface area is 120 Å². The van der Waals surface area contributed by atoms with Crippen LogP contribution in [-0.4, -0.2) is 20.2 Å². The average Bonchev–Trinajstić information content (AvgIpc) is 2.51. The van der Waals surface area contributed by atoms with Gasteiger partial charge in [-0.2, -0.15) is 0 Å². The van der Waals surface area contributed by atoms with Crippen LogP contribution in [0.25, 0.3) is 10.9 Å². The van der Waals surface area contributed by atoms with Gasteiger partial charge in [0, 0.05) is 35.1 Å². The summed E-state index contributed by atoms with van der Waals surface area (Å²) in [6, 6.07) is 8.51. The number of pyridine rings is 2. The smallest absolute Gasteiger partial charge is 0.148 e. The largest absolute Gasteiger partial charge is 0.505 e. The van der Waals surface area contributed by atoms with Crippen molar-refractivity contribution in [3.63, 3.8) is 0 Å². The molecule has 0 fully saturated rings. The molecule has 0 aliphatic carbocycles. The molecule has 0 spiro atoms. The van der Waals surface area contributed by atoms with Crippen LogP contribution in [0.1, 0.15) is 17.2 Å². The van der Waals surface area contributed by atoms with Gasteiger partial charge in [-0.3, -0.25) is 9.97 Å². The van der Waals surface area contributed by atoms with E-state index in [4.69, 9.17) is 11.6 Å². The van der Waals surface area contributed by atoms with Crippen LogP contribution in [0.5, 0.6) is 5.75 Å². The number of aromatic hydroxyl groups is 1. The highest BCUT2D eigenvalue weighted by atomic mass is 35.5. The molecule has 4 nitrogen and oxygen atoms in total. The van der Waals surface area contributed by atoms with Gasteiger partial charge < -0.3 is 10.2 Å². The van der Waals surface area contributed by atoms with Crippen LogP contribution in [0.2, 0.25) is 5.02 Å². The van der Waals surface area contributed by atoms with Gasteiger partial charge >= 0.3 is 0 Å². The Morgan fingerprint density at radius 1 is 1.15 bits per heavy atom. The Balaban J connectivity index is 2.20. The molecule has 20 heavy (non-hydrogen) atoms. The van der Waals surface area contributed by atoms with Crippen molar-refractivity contribution in [1.29, 1.82) is 0 Å². The van der Waals surface area contributed by atoms with Gasteiger partial charge in [0.15, 0.2) is 0 Å². The molecule has 0 saturated heterocycles. The topological polar surface area (TPSA) is 66.2 Å². The zero-order chi connectivity index (χ0) is 14.1. The van der Waals surface area contributed by atoms with Crippen LogP contribution in [0, 0.1) is 0 Å². The van der Waals surface area contributed by atoms with Gasteiger partial charge in [0.05, 0.1) is 5.02 Å². The maximum atomic E-state index is 10.4. The predicted molar refractivity (Wildman–Crippen MR) is 76.7 cm³/mol. The summed E-state index contributed by atoms with van der Waals surface area (Å²) >= 11 is 6.19. The maximum absolute atomic E-state index is 10.4. The summed E-state index contributed by atoms with van der Waals surface area (Å²) in [6.45, 7) is 0. The van der Waals surface area contributed by atoms with Crippen molar-refractivity contribution in [2.75, 3.05) is 0 Å². The molecule has 0 aliphatic heterocycles. The van der Waals surface area contributed by atoms with Crippen LogP contribution >= 0.6 is 11.6 Å². The van der Waals surface area contributed by atoms with Crippen molar-refractivity contribution in [2.45, 2.75) is 6.10 Å². The number of hydrogen-bond acceptors (Lipinski definition) is 4. The highest BCUT2D eigenvalue weighted by Gasteiger charge is 2.19. The van der Waals surface area contributed by atoms with Crippen LogP contribution in [0.3, 0.4) is 0 Å². The summed E-state index contributed by atoms with van der Waals surface area (Å²) in [5.74, 6) is -0.0682. The van der Waals surface area contributed by atoms with Crippen molar-refractivity contribution >= 4 is 22.5 Å². The molecule has 1 atom stereocenters. The molecule has 0 saturated carbocycles. The number of aliphatic hydroxyl groups is 1. The fourth-order valence-corrected chi connectivity index (χ4v) is 2.40. The molecule has 0 radical (unpaired) electrons. The second-order valence-corrected chi connectivity index (χ2v) is 4.79. The van der Waals surface area contributed by atoms with Gasteiger partial charge in [0.2, 0.25) is 0 Å². The number of aliphatic hydroxyl groups excluding tert-OH is 1. The number of halogens is 1. The lowest BCUT2D eigenvalue weighted by Crippen LogP contribution is -2.01. The van der Waals surface area contributed by atoms with Gasteiger partial charge in [-0.1, -0.05) is 17.7 Å². The van der Waals surface area contributed by atoms with Crippen molar-refractivity contribution in [3.8, 4) is 5.75 Å². The molecule has 3 rings (SSSR count). The Bertz CT molecular complexity index is 762. The number of nitrogens with zero attached hydrogens (tertiary/aromatic N) is 2. The molecule has 2 aromatic heterocycles. The van der Waals surface area contributed by atoms with E-state index in [-0.39, 0.29) is 5.75 Å². The van der Waals surface area contributed by atoms with Gasteiger partial charge in [-0.15, -0.1) is 0 Å². The zero-order valence-electron chi connectivity index (χ0n) is 10.4. The molecule has 3 aromatic rings. The molecular formula is C15H11ClN2O2. The third-order valence-corrected chi connectivity index (χ3v) is 3.45. The maximum Gasteiger partial charge on any atom is 0.148 e. The Morgan fingerprint density at radius 3 is 2.70 bits per heavy atom. The van der Waals surface area contributed by atoms with Gasteiger partial charge in [0.1, 0.15) is 17.4 Å². The van der Waals surface area contributed by atoms with Crippen molar-refractivity contribution < 1.29 is 10.2 Å². The third kappa shape index (κ3) is 2.09. The Morgan fingerprint density at radius 2 is 1.95 bits per heavy atom. The summed E-state index contributed by atoms with van der Waals surface area (Å²) in [5.41, 5.74) is 1.27. The minimum Gasteiger partial charge on any atom is -0.505 e. The van der Waals surface area contributed by atoms with E-state index in [0.717, 1.165) is 0 Å². The number of aromatic nitrogens is 2. The summed E-state index contributed by atoms with van der Waals surface area (Å²) in [6.07, 6.45) is 3.72. The highest BCUT2D eigenvalue weighted by molar-refractivity contribution is 6.35. The van der Waals surface area contributed by atoms with Crippen molar-refractivity contribution in [3.05, 3.63) is 65.1 Å². The van der Waals surface area contributed by atoms with Crippen LogP contribution < -0.4 is 0 Å². The molecule has 2 heterocycles. The summed E-state index contributed by atoms with van der Waals surface area (Å²) in [7, 11) is 0. The van der Waals surface area contributed by atoms with E-state index in [0.29, 0.717) is 27.1 Å². The van der Waals surface area contributed by atoms with Gasteiger partial charge in [-0.05, 0) is 24.3 Å². The van der Waals surface area contributed by atoms with Crippen molar-refractivity contribution in [1.82, 2.24) is 9.97 Å². The first-order valence-corrected chi connectivity index (χ1v) is 6.40. The second-order valence-electron chi connectivity index (χ2n) is 4.38. The lowest BCUT2D eigenvalue weighted by Gasteiger charge is -2.14. The van der Waals surface area contributed by atoms with Crippen LogP contribution in [0.15, 0.2) is 48.9 Å². The first-order valence-electron chi connectivity index (χ1n) is 6.02. The number of phenolic OH excluding ortho intramolecular Hbond substituents is 1. The lowest BCUT2D eigenvalue weighted by molar-refractivity contribution is 0.215. The highest BCUT2D eigenvalue weighted by Crippen LogP contribution is 2.37.